The number of hydrogen-bond donors (Lipinski definition) is 2. The molecule has 6 heteroatoms. The van der Waals surface area contributed by atoms with E-state index in [1.54, 1.807) is 39.8 Å². The standard InChI is InChI=1S/C13H17BrN2O3/c1-12(2,11(18)19)13(3,4)16-10(17)8-5-6-9(14)15-7-8/h5-7H,1-4H3,(H,16,17)(H,18,19). The maximum Gasteiger partial charge on any atom is 0.311 e. The second-order valence-corrected chi connectivity index (χ2v) is 6.19. The van der Waals surface area contributed by atoms with Gasteiger partial charge in [-0.05, 0) is 55.8 Å². The molecule has 0 aliphatic rings. The van der Waals surface area contributed by atoms with Crippen molar-refractivity contribution in [3.8, 4) is 0 Å². The number of carboxylic acid groups (broad SMARTS) is 1. The van der Waals surface area contributed by atoms with Gasteiger partial charge < -0.3 is 10.4 Å². The van der Waals surface area contributed by atoms with Crippen LogP contribution in [0.4, 0.5) is 0 Å². The van der Waals surface area contributed by atoms with Gasteiger partial charge in [-0.3, -0.25) is 9.59 Å². The first-order valence-electron chi connectivity index (χ1n) is 5.75. The van der Waals surface area contributed by atoms with E-state index in [4.69, 9.17) is 0 Å². The lowest BCUT2D eigenvalue weighted by Gasteiger charge is -2.38. The number of carbonyl (C=O) groups excluding carboxylic acids is 1. The normalized spacial score (nSPS) is 12.1. The molecular weight excluding hydrogens is 312 g/mol. The number of amides is 1. The number of aromatic nitrogens is 1. The van der Waals surface area contributed by atoms with Crippen molar-refractivity contribution in [2.24, 2.45) is 5.41 Å². The minimum atomic E-state index is -1.09. The van der Waals surface area contributed by atoms with Crippen molar-refractivity contribution in [1.29, 1.82) is 0 Å². The zero-order valence-corrected chi connectivity index (χ0v) is 12.9. The third-order valence-electron chi connectivity index (χ3n) is 3.51. The van der Waals surface area contributed by atoms with E-state index < -0.39 is 16.9 Å². The lowest BCUT2D eigenvalue weighted by Crippen LogP contribution is -2.56. The maximum absolute atomic E-state index is 12.1. The largest absolute Gasteiger partial charge is 0.481 e. The van der Waals surface area contributed by atoms with Crippen molar-refractivity contribution in [3.63, 3.8) is 0 Å². The number of hydrogen-bond acceptors (Lipinski definition) is 3. The first kappa shape index (κ1) is 15.6. The summed E-state index contributed by atoms with van der Waals surface area (Å²) < 4.78 is 0.633. The van der Waals surface area contributed by atoms with E-state index in [0.717, 1.165) is 0 Å². The SMILES string of the molecule is CC(C)(NC(=O)c1ccc(Br)nc1)C(C)(C)C(=O)O. The van der Waals surface area contributed by atoms with E-state index in [9.17, 15) is 14.7 Å². The van der Waals surface area contributed by atoms with Crippen molar-refractivity contribution in [2.75, 3.05) is 0 Å². The molecule has 19 heavy (non-hydrogen) atoms. The Kier molecular flexibility index (Phi) is 4.35. The fraction of sp³-hybridized carbons (Fsp3) is 0.462. The van der Waals surface area contributed by atoms with Crippen molar-refractivity contribution >= 4 is 27.8 Å². The number of nitrogens with zero attached hydrogens (tertiary/aromatic N) is 1. The lowest BCUT2D eigenvalue weighted by molar-refractivity contribution is -0.150. The van der Waals surface area contributed by atoms with Crippen LogP contribution < -0.4 is 5.32 Å². The quantitative estimate of drug-likeness (QED) is 0.832. The summed E-state index contributed by atoms with van der Waals surface area (Å²) in [4.78, 5) is 27.3. The van der Waals surface area contributed by atoms with Gasteiger partial charge in [0.2, 0.25) is 0 Å². The molecule has 0 bridgehead atoms. The molecule has 0 aliphatic carbocycles. The molecule has 0 unspecified atom stereocenters. The van der Waals surface area contributed by atoms with Gasteiger partial charge in [-0.15, -0.1) is 0 Å². The van der Waals surface area contributed by atoms with Gasteiger partial charge >= 0.3 is 5.97 Å². The fourth-order valence-corrected chi connectivity index (χ4v) is 1.52. The molecule has 104 valence electrons. The second kappa shape index (κ2) is 5.28. The molecule has 0 aliphatic heterocycles. The molecule has 1 heterocycles. The van der Waals surface area contributed by atoms with Crippen molar-refractivity contribution < 1.29 is 14.7 Å². The summed E-state index contributed by atoms with van der Waals surface area (Å²) in [5, 5.41) is 12.0. The van der Waals surface area contributed by atoms with Gasteiger partial charge in [0.25, 0.3) is 5.91 Å². The topological polar surface area (TPSA) is 79.3 Å². The van der Waals surface area contributed by atoms with E-state index in [1.165, 1.54) is 6.20 Å². The van der Waals surface area contributed by atoms with E-state index in [0.29, 0.717) is 10.2 Å². The number of halogens is 1. The highest BCUT2D eigenvalue weighted by molar-refractivity contribution is 9.10. The summed E-state index contributed by atoms with van der Waals surface area (Å²) in [5.41, 5.74) is -1.61. The molecule has 0 saturated heterocycles. The van der Waals surface area contributed by atoms with Crippen LogP contribution in [0.5, 0.6) is 0 Å². The van der Waals surface area contributed by atoms with Gasteiger partial charge in [-0.25, -0.2) is 4.98 Å². The molecule has 0 aromatic carbocycles. The van der Waals surface area contributed by atoms with Crippen molar-refractivity contribution in [3.05, 3.63) is 28.5 Å². The predicted molar refractivity (Wildman–Crippen MR) is 74.9 cm³/mol. The molecule has 0 spiro atoms. The van der Waals surface area contributed by atoms with Crippen molar-refractivity contribution in [2.45, 2.75) is 33.2 Å². The molecule has 1 aromatic rings. The van der Waals surface area contributed by atoms with Crippen molar-refractivity contribution in [1.82, 2.24) is 10.3 Å². The van der Waals surface area contributed by atoms with E-state index >= 15 is 0 Å². The van der Waals surface area contributed by atoms with Gasteiger partial charge in [-0.2, -0.15) is 0 Å². The van der Waals surface area contributed by atoms with E-state index in [2.05, 4.69) is 26.2 Å². The number of carboxylic acids is 1. The third kappa shape index (κ3) is 3.32. The summed E-state index contributed by atoms with van der Waals surface area (Å²) in [6.45, 7) is 6.53. The molecule has 0 saturated carbocycles. The highest BCUT2D eigenvalue weighted by Gasteiger charge is 2.44. The van der Waals surface area contributed by atoms with Crippen LogP contribution in [0.3, 0.4) is 0 Å². The highest BCUT2D eigenvalue weighted by Crippen LogP contribution is 2.30. The molecule has 0 fully saturated rings. The van der Waals surface area contributed by atoms with Gasteiger partial charge in [0, 0.05) is 6.20 Å². The van der Waals surface area contributed by atoms with Gasteiger partial charge in [0.15, 0.2) is 0 Å². The Morgan fingerprint density at radius 2 is 1.84 bits per heavy atom. The summed E-state index contributed by atoms with van der Waals surface area (Å²) >= 11 is 3.19. The van der Waals surface area contributed by atoms with E-state index in [1.807, 2.05) is 0 Å². The Morgan fingerprint density at radius 3 is 2.26 bits per heavy atom. The van der Waals surface area contributed by atoms with Crippen LogP contribution in [0.25, 0.3) is 0 Å². The molecule has 0 atom stereocenters. The Bertz CT molecular complexity index is 495. The average Bonchev–Trinajstić information content (AvgIpc) is 2.28. The summed E-state index contributed by atoms with van der Waals surface area (Å²) in [7, 11) is 0. The third-order valence-corrected chi connectivity index (χ3v) is 3.98. The minimum absolute atomic E-state index is 0.348. The van der Waals surface area contributed by atoms with Crippen LogP contribution >= 0.6 is 15.9 Å². The van der Waals surface area contributed by atoms with Crippen LogP contribution in [0.2, 0.25) is 0 Å². The van der Waals surface area contributed by atoms with Crippen LogP contribution in [0, 0.1) is 5.41 Å². The molecule has 1 amide bonds. The molecule has 1 rings (SSSR count). The maximum atomic E-state index is 12.1. The number of aliphatic carboxylic acids is 1. The molecule has 0 radical (unpaired) electrons. The van der Waals surface area contributed by atoms with Crippen LogP contribution in [-0.4, -0.2) is 27.5 Å². The monoisotopic (exact) mass is 328 g/mol. The number of nitrogens with one attached hydrogen (secondary N) is 1. The molecule has 2 N–H and O–H groups in total. The first-order valence-corrected chi connectivity index (χ1v) is 6.55. The fourth-order valence-electron chi connectivity index (χ4n) is 1.29. The van der Waals surface area contributed by atoms with Crippen LogP contribution in [-0.2, 0) is 4.79 Å². The first-order chi connectivity index (χ1) is 8.58. The van der Waals surface area contributed by atoms with Crippen LogP contribution in [0.1, 0.15) is 38.1 Å². The lowest BCUT2D eigenvalue weighted by atomic mass is 9.74. The van der Waals surface area contributed by atoms with Crippen LogP contribution in [0.15, 0.2) is 22.9 Å². The van der Waals surface area contributed by atoms with Gasteiger partial charge in [0.05, 0.1) is 16.5 Å². The van der Waals surface area contributed by atoms with Gasteiger partial charge in [0.1, 0.15) is 4.60 Å². The molecule has 1 aromatic heterocycles. The predicted octanol–water partition coefficient (Wildman–Crippen LogP) is 2.46. The number of carbonyl (C=O) groups is 2. The Labute approximate surface area is 120 Å². The molecule has 5 nitrogen and oxygen atoms in total. The highest BCUT2D eigenvalue weighted by atomic mass is 79.9. The van der Waals surface area contributed by atoms with E-state index in [-0.39, 0.29) is 5.91 Å². The second-order valence-electron chi connectivity index (χ2n) is 5.38. The zero-order chi connectivity index (χ0) is 14.8. The number of pyridine rings is 1. The average molecular weight is 329 g/mol. The summed E-state index contributed by atoms with van der Waals surface area (Å²) in [5.74, 6) is -1.31. The Balaban J connectivity index is 2.92. The summed E-state index contributed by atoms with van der Waals surface area (Å²) in [6, 6.07) is 3.28. The van der Waals surface area contributed by atoms with Gasteiger partial charge in [-0.1, -0.05) is 0 Å². The smallest absolute Gasteiger partial charge is 0.311 e. The summed E-state index contributed by atoms with van der Waals surface area (Å²) in [6.07, 6.45) is 1.43. The Hall–Kier alpha value is -1.43. The zero-order valence-electron chi connectivity index (χ0n) is 11.3. The molecular formula is C13H17BrN2O3. The minimum Gasteiger partial charge on any atom is -0.481 e. The number of rotatable bonds is 4. The Morgan fingerprint density at radius 1 is 1.26 bits per heavy atom.